The molecule has 0 radical (unpaired) electrons. The van der Waals surface area contributed by atoms with E-state index >= 15 is 0 Å². The Morgan fingerprint density at radius 1 is 1.31 bits per heavy atom. The highest BCUT2D eigenvalue weighted by Crippen LogP contribution is 2.30. The minimum atomic E-state index is 0.0657. The van der Waals surface area contributed by atoms with Crippen molar-refractivity contribution < 1.29 is 14.6 Å². The van der Waals surface area contributed by atoms with Crippen LogP contribution in [0, 0.1) is 0 Å². The lowest BCUT2D eigenvalue weighted by atomic mass is 10.1. The summed E-state index contributed by atoms with van der Waals surface area (Å²) in [6.07, 6.45) is 0. The van der Waals surface area contributed by atoms with E-state index in [9.17, 15) is 0 Å². The summed E-state index contributed by atoms with van der Waals surface area (Å²) in [6, 6.07) is 5.81. The molecule has 0 unspecified atom stereocenters. The topological polar surface area (TPSA) is 50.7 Å². The van der Waals surface area contributed by atoms with E-state index in [0.29, 0.717) is 6.54 Å². The summed E-state index contributed by atoms with van der Waals surface area (Å²) < 4.78 is 10.5. The number of hydrogen-bond donors (Lipinski definition) is 2. The molecule has 1 rings (SSSR count). The predicted molar refractivity (Wildman–Crippen MR) is 62.9 cm³/mol. The lowest BCUT2D eigenvalue weighted by Gasteiger charge is -2.15. The van der Waals surface area contributed by atoms with Crippen LogP contribution in [0.4, 0.5) is 0 Å². The molecule has 1 aromatic carbocycles. The van der Waals surface area contributed by atoms with Gasteiger partial charge in [0.05, 0.1) is 20.8 Å². The fourth-order valence-corrected chi connectivity index (χ4v) is 1.44. The van der Waals surface area contributed by atoms with Gasteiger partial charge < -0.3 is 19.9 Å². The molecule has 0 saturated carbocycles. The minimum absolute atomic E-state index is 0.0657. The zero-order chi connectivity index (χ0) is 12.0. The molecule has 0 spiro atoms. The Kier molecular flexibility index (Phi) is 5.08. The Morgan fingerprint density at radius 2 is 2.06 bits per heavy atom. The highest BCUT2D eigenvalue weighted by Gasteiger charge is 2.09. The summed E-state index contributed by atoms with van der Waals surface area (Å²) in [4.78, 5) is 0. The molecule has 2 N–H and O–H groups in total. The Bertz CT molecular complexity index is 328. The number of para-hydroxylation sites is 1. The molecular weight excluding hydrogens is 206 g/mol. The lowest BCUT2D eigenvalue weighted by molar-refractivity contribution is 0.250. The summed E-state index contributed by atoms with van der Waals surface area (Å²) >= 11 is 0. The molecule has 16 heavy (non-hydrogen) atoms. The predicted octanol–water partition coefficient (Wildman–Crippen LogP) is 1.17. The fraction of sp³-hybridized carbons (Fsp3) is 0.500. The van der Waals surface area contributed by atoms with Gasteiger partial charge in [0.25, 0.3) is 0 Å². The molecule has 4 nitrogen and oxygen atoms in total. The first-order valence-electron chi connectivity index (χ1n) is 5.27. The van der Waals surface area contributed by atoms with E-state index < -0.39 is 0 Å². The summed E-state index contributed by atoms with van der Waals surface area (Å²) in [6.45, 7) is 2.68. The third kappa shape index (κ3) is 3.12. The van der Waals surface area contributed by atoms with Crippen molar-refractivity contribution in [2.24, 2.45) is 0 Å². The molecule has 0 amide bonds. The third-order valence-corrected chi connectivity index (χ3v) is 2.40. The molecule has 0 aromatic heterocycles. The molecule has 1 aromatic rings. The van der Waals surface area contributed by atoms with Gasteiger partial charge in [-0.25, -0.2) is 0 Å². The lowest BCUT2D eigenvalue weighted by Crippen LogP contribution is -2.28. The molecule has 4 heteroatoms. The fourth-order valence-electron chi connectivity index (χ4n) is 1.44. The summed E-state index contributed by atoms with van der Waals surface area (Å²) in [5.41, 5.74) is 1.02. The van der Waals surface area contributed by atoms with Crippen molar-refractivity contribution in [2.45, 2.75) is 19.5 Å². The van der Waals surface area contributed by atoms with Crippen molar-refractivity contribution in [1.82, 2.24) is 5.32 Å². The summed E-state index contributed by atoms with van der Waals surface area (Å²) in [5, 5.41) is 12.1. The van der Waals surface area contributed by atoms with E-state index in [-0.39, 0.29) is 12.6 Å². The van der Waals surface area contributed by atoms with Gasteiger partial charge in [-0.3, -0.25) is 0 Å². The van der Waals surface area contributed by atoms with Gasteiger partial charge in [-0.15, -0.1) is 0 Å². The minimum Gasteiger partial charge on any atom is -0.493 e. The molecular formula is C12H19NO3. The Morgan fingerprint density at radius 3 is 2.62 bits per heavy atom. The van der Waals surface area contributed by atoms with Crippen LogP contribution in [0.5, 0.6) is 11.5 Å². The van der Waals surface area contributed by atoms with Gasteiger partial charge in [0.15, 0.2) is 11.5 Å². The van der Waals surface area contributed by atoms with Gasteiger partial charge in [0, 0.05) is 18.2 Å². The standard InChI is InChI=1S/C12H19NO3/c1-9(8-14)13-7-10-5-4-6-11(15-2)12(10)16-3/h4-6,9,13-14H,7-8H2,1-3H3/t9-/m0/s1. The molecule has 0 saturated heterocycles. The van der Waals surface area contributed by atoms with Crippen molar-refractivity contribution in [3.05, 3.63) is 23.8 Å². The molecule has 1 atom stereocenters. The van der Waals surface area contributed by atoms with Crippen LogP contribution in [0.3, 0.4) is 0 Å². The number of aliphatic hydroxyl groups is 1. The Labute approximate surface area is 96.2 Å². The second-order valence-electron chi connectivity index (χ2n) is 3.62. The van der Waals surface area contributed by atoms with E-state index in [4.69, 9.17) is 14.6 Å². The molecule has 90 valence electrons. The van der Waals surface area contributed by atoms with E-state index in [1.165, 1.54) is 0 Å². The van der Waals surface area contributed by atoms with E-state index in [1.807, 2.05) is 25.1 Å². The smallest absolute Gasteiger partial charge is 0.165 e. The van der Waals surface area contributed by atoms with Crippen LogP contribution in [0.15, 0.2) is 18.2 Å². The van der Waals surface area contributed by atoms with Gasteiger partial charge in [-0.05, 0) is 13.0 Å². The van der Waals surface area contributed by atoms with E-state index in [1.54, 1.807) is 14.2 Å². The number of hydrogen-bond acceptors (Lipinski definition) is 4. The van der Waals surface area contributed by atoms with Crippen LogP contribution >= 0.6 is 0 Å². The second kappa shape index (κ2) is 6.35. The van der Waals surface area contributed by atoms with Crippen LogP contribution in [0.2, 0.25) is 0 Å². The average Bonchev–Trinajstić information content (AvgIpc) is 2.34. The van der Waals surface area contributed by atoms with Gasteiger partial charge >= 0.3 is 0 Å². The zero-order valence-corrected chi connectivity index (χ0v) is 9.99. The zero-order valence-electron chi connectivity index (χ0n) is 9.99. The number of nitrogens with one attached hydrogen (secondary N) is 1. The maximum atomic E-state index is 8.92. The Balaban J connectivity index is 2.78. The van der Waals surface area contributed by atoms with Crippen LogP contribution in [-0.4, -0.2) is 32.0 Å². The van der Waals surface area contributed by atoms with Crippen LogP contribution in [0.1, 0.15) is 12.5 Å². The summed E-state index contributed by atoms with van der Waals surface area (Å²) in [5.74, 6) is 1.46. The molecule has 0 fully saturated rings. The molecule has 0 aliphatic carbocycles. The van der Waals surface area contributed by atoms with Gasteiger partial charge in [0.1, 0.15) is 0 Å². The average molecular weight is 225 g/mol. The van der Waals surface area contributed by atoms with Crippen molar-refractivity contribution in [3.8, 4) is 11.5 Å². The van der Waals surface area contributed by atoms with Crippen molar-refractivity contribution >= 4 is 0 Å². The monoisotopic (exact) mass is 225 g/mol. The van der Waals surface area contributed by atoms with Crippen molar-refractivity contribution in [2.75, 3.05) is 20.8 Å². The highest BCUT2D eigenvalue weighted by molar-refractivity contribution is 5.46. The van der Waals surface area contributed by atoms with Crippen LogP contribution in [-0.2, 0) is 6.54 Å². The first-order chi connectivity index (χ1) is 7.72. The number of rotatable bonds is 6. The van der Waals surface area contributed by atoms with Gasteiger partial charge in [-0.1, -0.05) is 12.1 Å². The number of ether oxygens (including phenoxy) is 2. The normalized spacial score (nSPS) is 12.2. The molecule has 0 aliphatic rings. The molecule has 0 aliphatic heterocycles. The van der Waals surface area contributed by atoms with Gasteiger partial charge in [0.2, 0.25) is 0 Å². The Hall–Kier alpha value is -1.26. The van der Waals surface area contributed by atoms with Crippen LogP contribution in [0.25, 0.3) is 0 Å². The first kappa shape index (κ1) is 12.8. The van der Waals surface area contributed by atoms with Crippen LogP contribution < -0.4 is 14.8 Å². The maximum absolute atomic E-state index is 8.92. The first-order valence-corrected chi connectivity index (χ1v) is 5.27. The quantitative estimate of drug-likeness (QED) is 0.763. The largest absolute Gasteiger partial charge is 0.493 e. The van der Waals surface area contributed by atoms with E-state index in [0.717, 1.165) is 17.1 Å². The molecule has 0 heterocycles. The third-order valence-electron chi connectivity index (χ3n) is 2.40. The van der Waals surface area contributed by atoms with Gasteiger partial charge in [-0.2, -0.15) is 0 Å². The number of benzene rings is 1. The number of aliphatic hydroxyl groups excluding tert-OH is 1. The molecule has 0 bridgehead atoms. The van der Waals surface area contributed by atoms with Crippen molar-refractivity contribution in [3.63, 3.8) is 0 Å². The van der Waals surface area contributed by atoms with Crippen molar-refractivity contribution in [1.29, 1.82) is 0 Å². The summed E-state index contributed by atoms with van der Waals surface area (Å²) in [7, 11) is 3.24. The number of methoxy groups -OCH3 is 2. The SMILES string of the molecule is COc1cccc(CN[C@@H](C)CO)c1OC. The highest BCUT2D eigenvalue weighted by atomic mass is 16.5. The van der Waals surface area contributed by atoms with E-state index in [2.05, 4.69) is 5.32 Å². The maximum Gasteiger partial charge on any atom is 0.165 e. The second-order valence-corrected chi connectivity index (χ2v) is 3.62.